The smallest absolute Gasteiger partial charge is 0.322 e. The fourth-order valence-electron chi connectivity index (χ4n) is 3.35. The number of halogens is 3. The van der Waals surface area contributed by atoms with E-state index in [1.807, 2.05) is 0 Å². The third-order valence-electron chi connectivity index (χ3n) is 4.97. The van der Waals surface area contributed by atoms with Crippen molar-refractivity contribution in [1.82, 2.24) is 14.8 Å². The molecule has 4 rings (SSSR count). The molecule has 0 aliphatic rings. The number of sulfonamides is 1. The third-order valence-corrected chi connectivity index (χ3v) is 6.35. The lowest BCUT2D eigenvalue weighted by Gasteiger charge is -2.12. The highest BCUT2D eigenvalue weighted by atomic mass is 32.2. The molecule has 0 bridgehead atoms. The van der Waals surface area contributed by atoms with Crippen LogP contribution in [0.15, 0.2) is 65.7 Å². The minimum atomic E-state index is -4.61. The van der Waals surface area contributed by atoms with Crippen molar-refractivity contribution in [2.75, 3.05) is 10.0 Å². The maximum atomic E-state index is 12.9. The lowest BCUT2D eigenvalue weighted by Crippen LogP contribution is -2.16. The number of anilines is 2. The molecule has 0 radical (unpaired) electrons. The number of amides is 1. The predicted molar refractivity (Wildman–Crippen MR) is 120 cm³/mol. The van der Waals surface area contributed by atoms with Crippen LogP contribution < -0.4 is 10.0 Å². The van der Waals surface area contributed by atoms with Crippen LogP contribution in [0.25, 0.3) is 11.0 Å². The van der Waals surface area contributed by atoms with Gasteiger partial charge in [0.15, 0.2) is 5.65 Å². The standard InChI is InChI=1S/C22H18F3N5O3S/c1-13-19-9-14(12-26-20(19)30(2)28-13)21(31)27-16-6-4-8-18(11-16)34(32,33)29-17-7-3-5-15(10-17)22(23,24)25/h3-12,29H,1-2H3,(H,27,31). The molecule has 12 heteroatoms. The first-order valence-corrected chi connectivity index (χ1v) is 11.3. The van der Waals surface area contributed by atoms with Crippen molar-refractivity contribution in [2.24, 2.45) is 7.05 Å². The molecule has 8 nitrogen and oxygen atoms in total. The van der Waals surface area contributed by atoms with E-state index in [2.05, 4.69) is 20.1 Å². The van der Waals surface area contributed by atoms with Gasteiger partial charge in [-0.2, -0.15) is 18.3 Å². The number of rotatable bonds is 5. The van der Waals surface area contributed by atoms with Crippen LogP contribution in [0, 0.1) is 6.92 Å². The molecule has 0 atom stereocenters. The Bertz CT molecular complexity index is 1510. The molecule has 2 aromatic heterocycles. The SMILES string of the molecule is Cc1nn(C)c2ncc(C(=O)Nc3cccc(S(=O)(=O)Nc4cccc(C(F)(F)F)c4)c3)cc12. The number of hydrogen-bond acceptors (Lipinski definition) is 5. The molecule has 4 aromatic rings. The first-order valence-electron chi connectivity index (χ1n) is 9.85. The summed E-state index contributed by atoms with van der Waals surface area (Å²) < 4.78 is 68.0. The average Bonchev–Trinajstić information content (AvgIpc) is 3.06. The summed E-state index contributed by atoms with van der Waals surface area (Å²) in [6.45, 7) is 1.79. The average molecular weight is 489 g/mol. The number of nitrogens with zero attached hydrogens (tertiary/aromatic N) is 3. The molecular weight excluding hydrogens is 471 g/mol. The van der Waals surface area contributed by atoms with Crippen molar-refractivity contribution >= 4 is 38.3 Å². The number of alkyl halides is 3. The van der Waals surface area contributed by atoms with Crippen LogP contribution in [0.3, 0.4) is 0 Å². The molecule has 1 amide bonds. The second-order valence-electron chi connectivity index (χ2n) is 7.47. The fourth-order valence-corrected chi connectivity index (χ4v) is 4.44. The molecule has 0 fully saturated rings. The molecule has 2 N–H and O–H groups in total. The second-order valence-corrected chi connectivity index (χ2v) is 9.15. The number of pyridine rings is 1. The Labute approximate surface area is 192 Å². The zero-order valence-corrected chi connectivity index (χ0v) is 18.7. The number of nitrogens with one attached hydrogen (secondary N) is 2. The van der Waals surface area contributed by atoms with Gasteiger partial charge in [-0.1, -0.05) is 12.1 Å². The van der Waals surface area contributed by atoms with Crippen molar-refractivity contribution in [3.63, 3.8) is 0 Å². The third kappa shape index (κ3) is 4.71. The maximum Gasteiger partial charge on any atom is 0.416 e. The number of carbonyl (C=O) groups is 1. The first kappa shape index (κ1) is 23.2. The summed E-state index contributed by atoms with van der Waals surface area (Å²) in [7, 11) is -2.48. The minimum Gasteiger partial charge on any atom is -0.322 e. The summed E-state index contributed by atoms with van der Waals surface area (Å²) in [6, 6.07) is 10.8. The van der Waals surface area contributed by atoms with Crippen LogP contribution in [0.2, 0.25) is 0 Å². The molecule has 0 saturated carbocycles. The van der Waals surface area contributed by atoms with Gasteiger partial charge in [-0.15, -0.1) is 0 Å². The van der Waals surface area contributed by atoms with Crippen molar-refractivity contribution in [1.29, 1.82) is 0 Å². The Morgan fingerprint density at radius 1 is 1.03 bits per heavy atom. The molecule has 0 unspecified atom stereocenters. The number of aromatic nitrogens is 3. The molecule has 0 aliphatic heterocycles. The lowest BCUT2D eigenvalue weighted by molar-refractivity contribution is -0.137. The van der Waals surface area contributed by atoms with Crippen LogP contribution in [-0.2, 0) is 23.2 Å². The molecular formula is C22H18F3N5O3S. The summed E-state index contributed by atoms with van der Waals surface area (Å²) in [5.74, 6) is -0.516. The van der Waals surface area contributed by atoms with Gasteiger partial charge in [0.2, 0.25) is 0 Å². The van der Waals surface area contributed by atoms with Gasteiger partial charge in [-0.3, -0.25) is 14.2 Å². The van der Waals surface area contributed by atoms with Gasteiger partial charge in [0.1, 0.15) is 0 Å². The highest BCUT2D eigenvalue weighted by Crippen LogP contribution is 2.31. The molecule has 2 heterocycles. The largest absolute Gasteiger partial charge is 0.416 e. The lowest BCUT2D eigenvalue weighted by atomic mass is 10.2. The van der Waals surface area contributed by atoms with E-state index in [1.54, 1.807) is 24.7 Å². The zero-order chi connectivity index (χ0) is 24.7. The predicted octanol–water partition coefficient (Wildman–Crippen LogP) is 4.35. The van der Waals surface area contributed by atoms with Gasteiger partial charge in [-0.05, 0) is 49.4 Å². The van der Waals surface area contributed by atoms with Crippen molar-refractivity contribution in [3.8, 4) is 0 Å². The zero-order valence-electron chi connectivity index (χ0n) is 17.9. The van der Waals surface area contributed by atoms with Gasteiger partial charge in [0, 0.05) is 30.0 Å². The summed E-state index contributed by atoms with van der Waals surface area (Å²) in [4.78, 5) is 16.7. The van der Waals surface area contributed by atoms with Gasteiger partial charge in [0.05, 0.1) is 21.7 Å². The Balaban J connectivity index is 1.56. The Hall–Kier alpha value is -3.93. The molecule has 176 valence electrons. The van der Waals surface area contributed by atoms with Crippen molar-refractivity contribution in [2.45, 2.75) is 18.0 Å². The Morgan fingerprint density at radius 2 is 1.74 bits per heavy atom. The summed E-state index contributed by atoms with van der Waals surface area (Å²) in [6.07, 6.45) is -3.23. The topological polar surface area (TPSA) is 106 Å². The monoisotopic (exact) mass is 489 g/mol. The number of hydrogen-bond donors (Lipinski definition) is 2. The van der Waals surface area contributed by atoms with E-state index in [0.29, 0.717) is 22.8 Å². The Morgan fingerprint density at radius 3 is 2.47 bits per heavy atom. The normalized spacial score (nSPS) is 12.0. The molecule has 34 heavy (non-hydrogen) atoms. The number of aryl methyl sites for hydroxylation is 2. The number of fused-ring (bicyclic) bond motifs is 1. The number of benzene rings is 2. The Kier molecular flexibility index (Phi) is 5.77. The van der Waals surface area contributed by atoms with Gasteiger partial charge < -0.3 is 5.32 Å². The van der Waals surface area contributed by atoms with E-state index >= 15 is 0 Å². The van der Waals surface area contributed by atoms with Crippen molar-refractivity contribution < 1.29 is 26.4 Å². The molecule has 0 spiro atoms. The van der Waals surface area contributed by atoms with Crippen molar-refractivity contribution in [3.05, 3.63) is 77.6 Å². The highest BCUT2D eigenvalue weighted by Gasteiger charge is 2.30. The number of carbonyl (C=O) groups excluding carboxylic acids is 1. The van der Waals surface area contributed by atoms with E-state index in [0.717, 1.165) is 12.1 Å². The van der Waals surface area contributed by atoms with Crippen LogP contribution in [-0.4, -0.2) is 29.1 Å². The minimum absolute atomic E-state index is 0.180. The fraction of sp³-hybridized carbons (Fsp3) is 0.136. The van der Waals surface area contributed by atoms with Crippen LogP contribution in [0.5, 0.6) is 0 Å². The van der Waals surface area contributed by atoms with E-state index in [4.69, 9.17) is 0 Å². The van der Waals surface area contributed by atoms with E-state index in [9.17, 15) is 26.4 Å². The van der Waals surface area contributed by atoms with E-state index in [1.165, 1.54) is 36.5 Å². The summed E-state index contributed by atoms with van der Waals surface area (Å²) >= 11 is 0. The maximum absolute atomic E-state index is 12.9. The van der Waals surface area contributed by atoms with Gasteiger partial charge in [0.25, 0.3) is 15.9 Å². The summed E-state index contributed by atoms with van der Waals surface area (Å²) in [5.41, 5.74) is 0.522. The van der Waals surface area contributed by atoms with Crippen LogP contribution in [0.4, 0.5) is 24.5 Å². The van der Waals surface area contributed by atoms with Gasteiger partial charge >= 0.3 is 6.18 Å². The summed E-state index contributed by atoms with van der Waals surface area (Å²) in [5, 5.41) is 7.57. The van der Waals surface area contributed by atoms with E-state index in [-0.39, 0.29) is 21.8 Å². The van der Waals surface area contributed by atoms with Crippen LogP contribution >= 0.6 is 0 Å². The quantitative estimate of drug-likeness (QED) is 0.434. The molecule has 2 aromatic carbocycles. The first-order chi connectivity index (χ1) is 15.9. The van der Waals surface area contributed by atoms with Crippen LogP contribution in [0.1, 0.15) is 21.6 Å². The van der Waals surface area contributed by atoms with E-state index < -0.39 is 27.7 Å². The van der Waals surface area contributed by atoms with Gasteiger partial charge in [-0.25, -0.2) is 13.4 Å². The molecule has 0 aliphatic carbocycles. The molecule has 0 saturated heterocycles. The highest BCUT2D eigenvalue weighted by molar-refractivity contribution is 7.92. The second kappa shape index (κ2) is 8.45.